The molecule has 0 fully saturated rings. The minimum absolute atomic E-state index is 0.0473. The molecule has 0 radical (unpaired) electrons. The Labute approximate surface area is 101 Å². The second-order valence-corrected chi connectivity index (χ2v) is 4.52. The van der Waals surface area contributed by atoms with Gasteiger partial charge in [-0.05, 0) is 0 Å². The van der Waals surface area contributed by atoms with Gasteiger partial charge in [-0.3, -0.25) is 0 Å². The molecular formula is C8H14O6S2. The van der Waals surface area contributed by atoms with Crippen molar-refractivity contribution >= 4 is 32.2 Å². The van der Waals surface area contributed by atoms with Crippen LogP contribution in [-0.4, -0.2) is 47.2 Å². The predicted octanol–water partition coefficient (Wildman–Crippen LogP) is 1.41. The average molecular weight is 270 g/mol. The van der Waals surface area contributed by atoms with E-state index < -0.39 is 10.6 Å². The summed E-state index contributed by atoms with van der Waals surface area (Å²) in [6, 6.07) is 0. The molecule has 0 aliphatic carbocycles. The summed E-state index contributed by atoms with van der Waals surface area (Å²) in [6.07, 6.45) is 0.746. The first-order valence-corrected chi connectivity index (χ1v) is 6.75. The molecule has 0 aromatic heterocycles. The first-order valence-electron chi connectivity index (χ1n) is 4.60. The van der Waals surface area contributed by atoms with Gasteiger partial charge in [0.25, 0.3) is 0 Å². The fourth-order valence-electron chi connectivity index (χ4n) is 0.556. The first-order chi connectivity index (χ1) is 7.70. The molecule has 0 amide bonds. The number of aliphatic hydroxyl groups is 2. The molecule has 0 aliphatic heterocycles. The number of carbonyl (C=O) groups excluding carboxylic acids is 2. The monoisotopic (exact) mass is 270 g/mol. The van der Waals surface area contributed by atoms with Crippen LogP contribution in [-0.2, 0) is 9.47 Å². The molecule has 16 heavy (non-hydrogen) atoms. The molecule has 0 aromatic rings. The number of hydrogen-bond donors (Lipinski definition) is 2. The van der Waals surface area contributed by atoms with Crippen LogP contribution in [0, 0.1) is 0 Å². The molecular weight excluding hydrogens is 256 g/mol. The van der Waals surface area contributed by atoms with Crippen LogP contribution < -0.4 is 0 Å². The van der Waals surface area contributed by atoms with Crippen LogP contribution in [0.25, 0.3) is 0 Å². The molecule has 8 heteroatoms. The van der Waals surface area contributed by atoms with Gasteiger partial charge in [-0.2, -0.15) is 0 Å². The van der Waals surface area contributed by atoms with E-state index in [1.54, 1.807) is 0 Å². The SMILES string of the molecule is O=C(OCCCO)SSC(=O)OCCCO. The van der Waals surface area contributed by atoms with E-state index in [-0.39, 0.29) is 26.4 Å². The maximum atomic E-state index is 10.9. The summed E-state index contributed by atoms with van der Waals surface area (Å²) in [5.74, 6) is 0. The molecule has 0 aliphatic rings. The van der Waals surface area contributed by atoms with Crippen molar-refractivity contribution in [2.24, 2.45) is 0 Å². The van der Waals surface area contributed by atoms with Gasteiger partial charge in [0, 0.05) is 47.6 Å². The molecule has 6 nitrogen and oxygen atoms in total. The minimum atomic E-state index is -0.599. The van der Waals surface area contributed by atoms with Crippen LogP contribution >= 0.6 is 21.6 Å². The summed E-state index contributed by atoms with van der Waals surface area (Å²) >= 11 is 0. The van der Waals surface area contributed by atoms with Crippen molar-refractivity contribution in [3.05, 3.63) is 0 Å². The molecule has 0 aromatic carbocycles. The summed E-state index contributed by atoms with van der Waals surface area (Å²) in [4.78, 5) is 21.9. The molecule has 0 bridgehead atoms. The van der Waals surface area contributed by atoms with E-state index in [1.165, 1.54) is 0 Å². The van der Waals surface area contributed by atoms with Crippen molar-refractivity contribution in [3.8, 4) is 0 Å². The molecule has 94 valence electrons. The van der Waals surface area contributed by atoms with Gasteiger partial charge < -0.3 is 19.7 Å². The van der Waals surface area contributed by atoms with Crippen molar-refractivity contribution in [2.75, 3.05) is 26.4 Å². The van der Waals surface area contributed by atoms with E-state index in [0.29, 0.717) is 34.4 Å². The van der Waals surface area contributed by atoms with Crippen molar-refractivity contribution in [1.29, 1.82) is 0 Å². The van der Waals surface area contributed by atoms with E-state index in [2.05, 4.69) is 9.47 Å². The number of aliphatic hydroxyl groups excluding tert-OH is 2. The average Bonchev–Trinajstić information content (AvgIpc) is 2.27. The zero-order valence-electron chi connectivity index (χ0n) is 8.59. The second kappa shape index (κ2) is 11.1. The zero-order chi connectivity index (χ0) is 12.2. The molecule has 0 saturated heterocycles. The highest BCUT2D eigenvalue weighted by Crippen LogP contribution is 2.25. The van der Waals surface area contributed by atoms with Gasteiger partial charge in [-0.15, -0.1) is 0 Å². The summed E-state index contributed by atoms with van der Waals surface area (Å²) < 4.78 is 9.31. The third-order valence-corrected chi connectivity index (χ3v) is 2.88. The molecule has 0 heterocycles. The standard InChI is InChI=1S/C8H14O6S2/c9-3-1-5-13-7(11)15-16-8(12)14-6-2-4-10/h9-10H,1-6H2. The lowest BCUT2D eigenvalue weighted by atomic mass is 10.5. The van der Waals surface area contributed by atoms with E-state index in [4.69, 9.17) is 10.2 Å². The number of hydrogen-bond acceptors (Lipinski definition) is 8. The van der Waals surface area contributed by atoms with Crippen LogP contribution in [0.3, 0.4) is 0 Å². The van der Waals surface area contributed by atoms with Gasteiger partial charge in [0.15, 0.2) is 0 Å². The zero-order valence-corrected chi connectivity index (χ0v) is 10.2. The second-order valence-electron chi connectivity index (χ2n) is 2.52. The third kappa shape index (κ3) is 10.1. The molecule has 0 rings (SSSR count). The smallest absolute Gasteiger partial charge is 0.378 e. The highest BCUT2D eigenvalue weighted by atomic mass is 33.1. The Kier molecular flexibility index (Phi) is 10.8. The summed E-state index contributed by atoms with van der Waals surface area (Å²) in [7, 11) is 1.26. The first kappa shape index (κ1) is 15.6. The Bertz CT molecular complexity index is 189. The van der Waals surface area contributed by atoms with Crippen LogP contribution in [0.15, 0.2) is 0 Å². The van der Waals surface area contributed by atoms with E-state index >= 15 is 0 Å². The maximum absolute atomic E-state index is 10.9. The Morgan fingerprint density at radius 3 is 1.56 bits per heavy atom. The minimum Gasteiger partial charge on any atom is -0.457 e. The largest absolute Gasteiger partial charge is 0.457 e. The molecule has 0 atom stereocenters. The van der Waals surface area contributed by atoms with Gasteiger partial charge in [-0.1, -0.05) is 0 Å². The number of ether oxygens (including phenoxy) is 2. The highest BCUT2D eigenvalue weighted by molar-refractivity contribution is 8.86. The van der Waals surface area contributed by atoms with Crippen molar-refractivity contribution in [1.82, 2.24) is 0 Å². The van der Waals surface area contributed by atoms with Gasteiger partial charge in [0.05, 0.1) is 13.2 Å². The Hall–Kier alpha value is -0.440. The summed E-state index contributed by atoms with van der Waals surface area (Å²) in [5, 5.41) is 15.6. The predicted molar refractivity (Wildman–Crippen MR) is 61.3 cm³/mol. The van der Waals surface area contributed by atoms with Gasteiger partial charge in [0.1, 0.15) is 0 Å². The Morgan fingerprint density at radius 2 is 1.25 bits per heavy atom. The van der Waals surface area contributed by atoms with E-state index in [9.17, 15) is 9.59 Å². The van der Waals surface area contributed by atoms with E-state index in [1.807, 2.05) is 0 Å². The van der Waals surface area contributed by atoms with Crippen LogP contribution in [0.5, 0.6) is 0 Å². The molecule has 0 spiro atoms. The number of carbonyl (C=O) groups is 2. The summed E-state index contributed by atoms with van der Waals surface area (Å²) in [5.41, 5.74) is 0. The molecule has 2 N–H and O–H groups in total. The fourth-order valence-corrected chi connectivity index (χ4v) is 1.65. The van der Waals surface area contributed by atoms with Gasteiger partial charge >= 0.3 is 10.6 Å². The molecule has 0 saturated carbocycles. The van der Waals surface area contributed by atoms with Crippen LogP contribution in [0.1, 0.15) is 12.8 Å². The van der Waals surface area contributed by atoms with E-state index in [0.717, 1.165) is 0 Å². The van der Waals surface area contributed by atoms with Crippen molar-refractivity contribution in [2.45, 2.75) is 12.8 Å². The lowest BCUT2D eigenvalue weighted by Gasteiger charge is -2.03. The Balaban J connectivity index is 3.40. The third-order valence-electron chi connectivity index (χ3n) is 1.22. The summed E-state index contributed by atoms with van der Waals surface area (Å²) in [6.45, 7) is 0.160. The van der Waals surface area contributed by atoms with Crippen LogP contribution in [0.2, 0.25) is 0 Å². The normalized spacial score (nSPS) is 9.88. The molecule has 0 unspecified atom stereocenters. The van der Waals surface area contributed by atoms with Crippen LogP contribution in [0.4, 0.5) is 9.59 Å². The number of rotatable bonds is 6. The fraction of sp³-hybridized carbons (Fsp3) is 0.750. The lowest BCUT2D eigenvalue weighted by Crippen LogP contribution is -2.03. The maximum Gasteiger partial charge on any atom is 0.378 e. The quantitative estimate of drug-likeness (QED) is 0.425. The topological polar surface area (TPSA) is 93.1 Å². The van der Waals surface area contributed by atoms with Gasteiger partial charge in [0.2, 0.25) is 0 Å². The lowest BCUT2D eigenvalue weighted by molar-refractivity contribution is 0.159. The van der Waals surface area contributed by atoms with Crippen molar-refractivity contribution < 1.29 is 29.3 Å². The Morgan fingerprint density at radius 1 is 0.875 bits per heavy atom. The van der Waals surface area contributed by atoms with Gasteiger partial charge in [-0.25, -0.2) is 9.59 Å². The highest BCUT2D eigenvalue weighted by Gasteiger charge is 2.10. The van der Waals surface area contributed by atoms with Crippen molar-refractivity contribution in [3.63, 3.8) is 0 Å².